The Labute approximate surface area is 139 Å². The van der Waals surface area contributed by atoms with Gasteiger partial charge in [-0.1, -0.05) is 11.8 Å². The number of sulfonamides is 1. The molecule has 1 fully saturated rings. The molecule has 9 heteroatoms. The van der Waals surface area contributed by atoms with Crippen LogP contribution in [0.2, 0.25) is 0 Å². The second-order valence-electron chi connectivity index (χ2n) is 5.34. The van der Waals surface area contributed by atoms with Gasteiger partial charge in [0.15, 0.2) is 5.16 Å². The van der Waals surface area contributed by atoms with Crippen LogP contribution in [0.1, 0.15) is 24.7 Å². The molecule has 0 bridgehead atoms. The van der Waals surface area contributed by atoms with E-state index in [-0.39, 0.29) is 4.90 Å². The maximum absolute atomic E-state index is 11.2. The lowest BCUT2D eigenvalue weighted by molar-refractivity contribution is 0.343. The molecule has 0 radical (unpaired) electrons. The van der Waals surface area contributed by atoms with E-state index >= 15 is 0 Å². The highest BCUT2D eigenvalue weighted by Crippen LogP contribution is 2.38. The lowest BCUT2D eigenvalue weighted by Crippen LogP contribution is -2.11. The van der Waals surface area contributed by atoms with Gasteiger partial charge in [-0.15, -0.1) is 10.2 Å². The average Bonchev–Trinajstić information content (AvgIpc) is 3.27. The van der Waals surface area contributed by atoms with Gasteiger partial charge in [-0.05, 0) is 44.0 Å². The summed E-state index contributed by atoms with van der Waals surface area (Å²) in [5.74, 6) is 2.30. The smallest absolute Gasteiger partial charge is 0.238 e. The minimum atomic E-state index is -3.66. The van der Waals surface area contributed by atoms with Crippen molar-refractivity contribution in [3.63, 3.8) is 0 Å². The van der Waals surface area contributed by atoms with Crippen LogP contribution in [0.25, 0.3) is 0 Å². The maximum atomic E-state index is 11.2. The molecule has 0 unspecified atom stereocenters. The summed E-state index contributed by atoms with van der Waals surface area (Å²) in [6.07, 6.45) is 2.39. The molecule has 7 nitrogen and oxygen atoms in total. The van der Waals surface area contributed by atoms with E-state index in [4.69, 9.17) is 9.88 Å². The molecule has 1 saturated carbocycles. The minimum absolute atomic E-state index is 0.0761. The Hall–Kier alpha value is -1.58. The van der Waals surface area contributed by atoms with Gasteiger partial charge in [0.05, 0.1) is 11.5 Å². The number of rotatable bonds is 7. The summed E-state index contributed by atoms with van der Waals surface area (Å²) in [6.45, 7) is 2.47. The molecule has 2 aromatic rings. The van der Waals surface area contributed by atoms with Crippen molar-refractivity contribution in [1.29, 1.82) is 0 Å². The third-order valence-corrected chi connectivity index (χ3v) is 5.32. The fourth-order valence-corrected chi connectivity index (χ4v) is 3.60. The number of ether oxygens (including phenoxy) is 1. The number of aromatic nitrogens is 3. The second-order valence-corrected chi connectivity index (χ2v) is 7.97. The molecule has 1 aliphatic rings. The van der Waals surface area contributed by atoms with Gasteiger partial charge < -0.3 is 9.30 Å². The van der Waals surface area contributed by atoms with Crippen LogP contribution in [0.4, 0.5) is 0 Å². The van der Waals surface area contributed by atoms with Crippen LogP contribution in [-0.2, 0) is 10.0 Å². The van der Waals surface area contributed by atoms with Crippen LogP contribution in [0, 0.1) is 6.92 Å². The molecule has 124 valence electrons. The molecule has 0 atom stereocenters. The number of hydrogen-bond acceptors (Lipinski definition) is 6. The summed E-state index contributed by atoms with van der Waals surface area (Å²) < 4.78 is 30.1. The van der Waals surface area contributed by atoms with Crippen LogP contribution in [-0.4, -0.2) is 35.5 Å². The highest BCUT2D eigenvalue weighted by atomic mass is 32.2. The number of thioether (sulfide) groups is 1. The average molecular weight is 354 g/mol. The zero-order valence-electron chi connectivity index (χ0n) is 12.7. The molecule has 1 heterocycles. The molecule has 1 aliphatic carbocycles. The van der Waals surface area contributed by atoms with Crippen LogP contribution in [0.3, 0.4) is 0 Å². The summed E-state index contributed by atoms with van der Waals surface area (Å²) in [4.78, 5) is 0.0761. The third-order valence-electron chi connectivity index (χ3n) is 3.48. The molecular formula is C14H18N4O3S2. The van der Waals surface area contributed by atoms with Gasteiger partial charge in [-0.25, -0.2) is 13.6 Å². The topological polar surface area (TPSA) is 100 Å². The first-order valence-electron chi connectivity index (χ1n) is 7.25. The standard InChI is InChI=1S/C14H18N4O3S2/c1-10-16-17-14(18(10)11-2-3-11)22-9-8-21-12-4-6-13(7-5-12)23(15,19)20/h4-7,11H,2-3,8-9H2,1H3,(H2,15,19,20). The highest BCUT2D eigenvalue weighted by molar-refractivity contribution is 7.99. The highest BCUT2D eigenvalue weighted by Gasteiger charge is 2.28. The Morgan fingerprint density at radius 1 is 1.30 bits per heavy atom. The first-order valence-corrected chi connectivity index (χ1v) is 9.78. The van der Waals surface area contributed by atoms with Crippen LogP contribution in [0.15, 0.2) is 34.3 Å². The number of primary sulfonamides is 1. The van der Waals surface area contributed by atoms with E-state index in [1.54, 1.807) is 23.9 Å². The quantitative estimate of drug-likeness (QED) is 0.600. The minimum Gasteiger partial charge on any atom is -0.493 e. The molecule has 0 aliphatic heterocycles. The SMILES string of the molecule is Cc1nnc(SCCOc2ccc(S(N)(=O)=O)cc2)n1C1CC1. The van der Waals surface area contributed by atoms with Crippen molar-refractivity contribution in [2.24, 2.45) is 5.14 Å². The fourth-order valence-electron chi connectivity index (χ4n) is 2.22. The first-order chi connectivity index (χ1) is 10.9. The predicted molar refractivity (Wildman–Crippen MR) is 87.1 cm³/mol. The third kappa shape index (κ3) is 4.04. The molecule has 0 spiro atoms. The number of hydrogen-bond donors (Lipinski definition) is 1. The van der Waals surface area contributed by atoms with E-state index in [0.717, 1.165) is 16.7 Å². The van der Waals surface area contributed by atoms with Crippen molar-refractivity contribution >= 4 is 21.8 Å². The maximum Gasteiger partial charge on any atom is 0.238 e. The van der Waals surface area contributed by atoms with E-state index in [9.17, 15) is 8.42 Å². The fraction of sp³-hybridized carbons (Fsp3) is 0.429. The molecule has 0 amide bonds. The van der Waals surface area contributed by atoms with Gasteiger partial charge >= 0.3 is 0 Å². The Bertz CT molecular complexity index is 783. The predicted octanol–water partition coefficient (Wildman–Crippen LogP) is 1.74. The van der Waals surface area contributed by atoms with E-state index in [2.05, 4.69) is 14.8 Å². The normalized spacial score (nSPS) is 14.9. The van der Waals surface area contributed by atoms with Gasteiger partial charge in [-0.2, -0.15) is 0 Å². The largest absolute Gasteiger partial charge is 0.493 e. The number of nitrogens with zero attached hydrogens (tertiary/aromatic N) is 3. The molecule has 0 saturated heterocycles. The molecule has 2 N–H and O–H groups in total. The van der Waals surface area contributed by atoms with Crippen molar-refractivity contribution in [2.45, 2.75) is 35.9 Å². The molecule has 23 heavy (non-hydrogen) atoms. The first kappa shape index (κ1) is 16.3. The van der Waals surface area contributed by atoms with Gasteiger partial charge in [0, 0.05) is 11.8 Å². The Balaban J connectivity index is 1.50. The zero-order valence-corrected chi connectivity index (χ0v) is 14.3. The molecule has 3 rings (SSSR count). The van der Waals surface area contributed by atoms with Crippen molar-refractivity contribution in [3.05, 3.63) is 30.1 Å². The summed E-state index contributed by atoms with van der Waals surface area (Å²) in [7, 11) is -3.66. The summed E-state index contributed by atoms with van der Waals surface area (Å²) in [5, 5.41) is 14.3. The van der Waals surface area contributed by atoms with Crippen LogP contribution < -0.4 is 9.88 Å². The molecular weight excluding hydrogens is 336 g/mol. The van der Waals surface area contributed by atoms with Gasteiger partial charge in [0.2, 0.25) is 10.0 Å². The van der Waals surface area contributed by atoms with Gasteiger partial charge in [0.25, 0.3) is 0 Å². The monoisotopic (exact) mass is 354 g/mol. The van der Waals surface area contributed by atoms with Gasteiger partial charge in [0.1, 0.15) is 11.6 Å². The molecule has 1 aromatic carbocycles. The Morgan fingerprint density at radius 2 is 2.00 bits per heavy atom. The van der Waals surface area contributed by atoms with E-state index < -0.39 is 10.0 Å². The van der Waals surface area contributed by atoms with E-state index in [1.165, 1.54) is 25.0 Å². The summed E-state index contributed by atoms with van der Waals surface area (Å²) in [5.41, 5.74) is 0. The van der Waals surface area contributed by atoms with Crippen LogP contribution in [0.5, 0.6) is 5.75 Å². The van der Waals surface area contributed by atoms with Crippen molar-refractivity contribution in [3.8, 4) is 5.75 Å². The summed E-state index contributed by atoms with van der Waals surface area (Å²) >= 11 is 1.61. The van der Waals surface area contributed by atoms with E-state index in [0.29, 0.717) is 18.4 Å². The Morgan fingerprint density at radius 3 is 2.61 bits per heavy atom. The van der Waals surface area contributed by atoms with Crippen LogP contribution >= 0.6 is 11.8 Å². The van der Waals surface area contributed by atoms with Crippen molar-refractivity contribution < 1.29 is 13.2 Å². The van der Waals surface area contributed by atoms with E-state index in [1.807, 2.05) is 6.92 Å². The zero-order chi connectivity index (χ0) is 16.4. The number of benzene rings is 1. The number of nitrogens with two attached hydrogens (primary N) is 1. The lowest BCUT2D eigenvalue weighted by Gasteiger charge is -2.08. The number of aryl methyl sites for hydroxylation is 1. The second kappa shape index (κ2) is 6.50. The Kier molecular flexibility index (Phi) is 4.60. The van der Waals surface area contributed by atoms with Crippen molar-refractivity contribution in [2.75, 3.05) is 12.4 Å². The summed E-state index contributed by atoms with van der Waals surface area (Å²) in [6, 6.07) is 6.62. The lowest BCUT2D eigenvalue weighted by atomic mass is 10.3. The molecule has 1 aromatic heterocycles. The van der Waals surface area contributed by atoms with Gasteiger partial charge in [-0.3, -0.25) is 0 Å². The van der Waals surface area contributed by atoms with Crippen molar-refractivity contribution in [1.82, 2.24) is 14.8 Å².